The molecule has 3 aromatic rings. The van der Waals surface area contributed by atoms with Gasteiger partial charge in [-0.1, -0.05) is 49.4 Å². The molecule has 2 atom stereocenters. The number of fused-ring (bicyclic) bond motifs is 1. The topological polar surface area (TPSA) is 38.8 Å². The maximum absolute atomic E-state index is 14.0. The van der Waals surface area contributed by atoms with E-state index in [4.69, 9.17) is 9.47 Å². The van der Waals surface area contributed by atoms with Crippen LogP contribution in [0.15, 0.2) is 60.7 Å². The highest BCUT2D eigenvalue weighted by Crippen LogP contribution is 2.43. The summed E-state index contributed by atoms with van der Waals surface area (Å²) in [5.74, 6) is 0.0931. The molecular formula is C32H38FNO3. The van der Waals surface area contributed by atoms with Crippen LogP contribution in [0.5, 0.6) is 5.75 Å². The molecule has 196 valence electrons. The summed E-state index contributed by atoms with van der Waals surface area (Å²) in [5, 5.41) is 0. The van der Waals surface area contributed by atoms with Gasteiger partial charge in [0.2, 0.25) is 0 Å². The van der Waals surface area contributed by atoms with Gasteiger partial charge in [0, 0.05) is 31.1 Å². The summed E-state index contributed by atoms with van der Waals surface area (Å²) >= 11 is 0. The van der Waals surface area contributed by atoms with Crippen molar-refractivity contribution in [2.75, 3.05) is 13.7 Å². The first-order valence-corrected chi connectivity index (χ1v) is 13.0. The Morgan fingerprint density at radius 1 is 1.11 bits per heavy atom. The molecule has 0 fully saturated rings. The van der Waals surface area contributed by atoms with Gasteiger partial charge in [0.1, 0.15) is 17.7 Å². The van der Waals surface area contributed by atoms with Crippen LogP contribution in [0.1, 0.15) is 66.5 Å². The van der Waals surface area contributed by atoms with Crippen molar-refractivity contribution in [3.63, 3.8) is 0 Å². The highest BCUT2D eigenvalue weighted by molar-refractivity contribution is 5.78. The molecule has 0 spiro atoms. The minimum Gasteiger partial charge on any atom is -0.489 e. The maximum atomic E-state index is 14.0. The van der Waals surface area contributed by atoms with Crippen LogP contribution in [0, 0.1) is 25.1 Å². The van der Waals surface area contributed by atoms with Crippen LogP contribution in [0.3, 0.4) is 0 Å². The second kappa shape index (κ2) is 11.1. The van der Waals surface area contributed by atoms with E-state index < -0.39 is 5.41 Å². The van der Waals surface area contributed by atoms with Crippen LogP contribution in [0.2, 0.25) is 0 Å². The molecule has 0 saturated heterocycles. The molecule has 1 heterocycles. The number of ether oxygens (including phenoxy) is 2. The zero-order chi connectivity index (χ0) is 26.7. The molecule has 5 heteroatoms. The van der Waals surface area contributed by atoms with Gasteiger partial charge in [0.15, 0.2) is 0 Å². The van der Waals surface area contributed by atoms with Crippen molar-refractivity contribution in [3.8, 4) is 5.75 Å². The maximum Gasteiger partial charge on any atom is 0.312 e. The van der Waals surface area contributed by atoms with E-state index in [-0.39, 0.29) is 23.8 Å². The number of aryl methyl sites for hydroxylation is 2. The zero-order valence-electron chi connectivity index (χ0n) is 22.8. The lowest BCUT2D eigenvalue weighted by molar-refractivity contribution is -0.151. The summed E-state index contributed by atoms with van der Waals surface area (Å²) in [6, 6.07) is 19.5. The first-order valence-electron chi connectivity index (χ1n) is 13.0. The third-order valence-electron chi connectivity index (χ3n) is 7.65. The smallest absolute Gasteiger partial charge is 0.312 e. The highest BCUT2D eigenvalue weighted by atomic mass is 19.1. The fourth-order valence-corrected chi connectivity index (χ4v) is 5.50. The standard InChI is InChI=1S/C32H38FNO3/c1-7-27-20-34(18-24-10-8-9-11-29(24)37-27)19-25-17-23(13-12-21(25)2)30(32(4,5)31(35)36-6)28-15-14-26(33)16-22(28)3/h8-17,27,30H,7,18-20H2,1-6H3. The van der Waals surface area contributed by atoms with Gasteiger partial charge in [-0.05, 0) is 80.1 Å². The first kappa shape index (κ1) is 26.9. The summed E-state index contributed by atoms with van der Waals surface area (Å²) in [6.45, 7) is 12.4. The molecule has 1 aliphatic rings. The van der Waals surface area contributed by atoms with E-state index in [9.17, 15) is 9.18 Å². The Hall–Kier alpha value is -3.18. The van der Waals surface area contributed by atoms with E-state index in [0.29, 0.717) is 0 Å². The average Bonchev–Trinajstić information content (AvgIpc) is 3.05. The molecule has 3 aromatic carbocycles. The van der Waals surface area contributed by atoms with E-state index in [1.54, 1.807) is 6.07 Å². The highest BCUT2D eigenvalue weighted by Gasteiger charge is 2.40. The molecule has 0 bridgehead atoms. The SMILES string of the molecule is CCC1CN(Cc2cc(C(c3ccc(F)cc3C)C(C)(C)C(=O)OC)ccc2C)Cc2ccccc2O1. The zero-order valence-corrected chi connectivity index (χ0v) is 22.8. The predicted molar refractivity (Wildman–Crippen MR) is 145 cm³/mol. The predicted octanol–water partition coefficient (Wildman–Crippen LogP) is 6.95. The minimum absolute atomic E-state index is 0.125. The van der Waals surface area contributed by atoms with Gasteiger partial charge in [-0.15, -0.1) is 0 Å². The van der Waals surface area contributed by atoms with Gasteiger partial charge >= 0.3 is 5.97 Å². The summed E-state index contributed by atoms with van der Waals surface area (Å²) in [5.41, 5.74) is 5.50. The molecule has 0 radical (unpaired) electrons. The summed E-state index contributed by atoms with van der Waals surface area (Å²) in [6.07, 6.45) is 1.06. The van der Waals surface area contributed by atoms with Crippen molar-refractivity contribution in [1.82, 2.24) is 4.90 Å². The van der Waals surface area contributed by atoms with E-state index in [1.165, 1.54) is 35.9 Å². The number of hydrogen-bond acceptors (Lipinski definition) is 4. The summed E-state index contributed by atoms with van der Waals surface area (Å²) < 4.78 is 25.5. The van der Waals surface area contributed by atoms with E-state index >= 15 is 0 Å². The van der Waals surface area contributed by atoms with Gasteiger partial charge in [-0.25, -0.2) is 4.39 Å². The monoisotopic (exact) mass is 503 g/mol. The van der Waals surface area contributed by atoms with Gasteiger partial charge in [0.05, 0.1) is 12.5 Å². The average molecular weight is 504 g/mol. The van der Waals surface area contributed by atoms with Crippen LogP contribution in [-0.4, -0.2) is 30.6 Å². The summed E-state index contributed by atoms with van der Waals surface area (Å²) in [4.78, 5) is 15.4. The van der Waals surface area contributed by atoms with Crippen molar-refractivity contribution in [2.24, 2.45) is 5.41 Å². The molecule has 4 nitrogen and oxygen atoms in total. The van der Waals surface area contributed by atoms with Crippen LogP contribution in [0.25, 0.3) is 0 Å². The Bertz CT molecular complexity index is 1270. The number of para-hydroxylation sites is 1. The molecule has 0 amide bonds. The van der Waals surface area contributed by atoms with Crippen LogP contribution in [0.4, 0.5) is 4.39 Å². The lowest BCUT2D eigenvalue weighted by Crippen LogP contribution is -2.34. The first-order chi connectivity index (χ1) is 17.6. The molecule has 4 rings (SSSR count). The number of esters is 1. The normalized spacial score (nSPS) is 16.9. The lowest BCUT2D eigenvalue weighted by Gasteiger charge is -2.34. The molecule has 0 saturated carbocycles. The molecule has 0 aliphatic carbocycles. The van der Waals surface area contributed by atoms with Gasteiger partial charge < -0.3 is 9.47 Å². The van der Waals surface area contributed by atoms with Gasteiger partial charge in [0.25, 0.3) is 0 Å². The largest absolute Gasteiger partial charge is 0.489 e. The fourth-order valence-electron chi connectivity index (χ4n) is 5.50. The van der Waals surface area contributed by atoms with Crippen molar-refractivity contribution >= 4 is 5.97 Å². The van der Waals surface area contributed by atoms with E-state index in [2.05, 4.69) is 55.1 Å². The van der Waals surface area contributed by atoms with Gasteiger partial charge in [-0.2, -0.15) is 0 Å². The quantitative estimate of drug-likeness (QED) is 0.327. The molecule has 1 aliphatic heterocycles. The molecule has 37 heavy (non-hydrogen) atoms. The van der Waals surface area contributed by atoms with Gasteiger partial charge in [-0.3, -0.25) is 9.69 Å². The number of benzene rings is 3. The molecule has 0 aromatic heterocycles. The minimum atomic E-state index is -0.855. The van der Waals surface area contributed by atoms with Crippen LogP contribution in [-0.2, 0) is 22.6 Å². The number of carbonyl (C=O) groups excluding carboxylic acids is 1. The van der Waals surface area contributed by atoms with Crippen LogP contribution >= 0.6 is 0 Å². The number of carbonyl (C=O) groups is 1. The Morgan fingerprint density at radius 2 is 1.86 bits per heavy atom. The molecular weight excluding hydrogens is 465 g/mol. The Balaban J connectivity index is 1.74. The molecule has 0 N–H and O–H groups in total. The third kappa shape index (κ3) is 5.72. The number of nitrogens with zero attached hydrogens (tertiary/aromatic N) is 1. The lowest BCUT2D eigenvalue weighted by atomic mass is 9.70. The number of methoxy groups -OCH3 is 1. The number of rotatable bonds is 7. The second-order valence-electron chi connectivity index (χ2n) is 10.8. The Kier molecular flexibility index (Phi) is 8.03. The number of hydrogen-bond donors (Lipinski definition) is 0. The number of halogens is 1. The third-order valence-corrected chi connectivity index (χ3v) is 7.65. The Labute approximate surface area is 220 Å². The van der Waals surface area contributed by atoms with Crippen molar-refractivity contribution < 1.29 is 18.7 Å². The van der Waals surface area contributed by atoms with Crippen molar-refractivity contribution in [2.45, 2.75) is 66.2 Å². The molecule has 2 unspecified atom stereocenters. The van der Waals surface area contributed by atoms with Crippen molar-refractivity contribution in [1.29, 1.82) is 0 Å². The Morgan fingerprint density at radius 3 is 2.57 bits per heavy atom. The fraction of sp³-hybridized carbons (Fsp3) is 0.406. The van der Waals surface area contributed by atoms with E-state index in [0.717, 1.165) is 48.5 Å². The van der Waals surface area contributed by atoms with Crippen molar-refractivity contribution in [3.05, 3.63) is 99.9 Å². The van der Waals surface area contributed by atoms with E-state index in [1.807, 2.05) is 26.8 Å². The van der Waals surface area contributed by atoms with Crippen LogP contribution < -0.4 is 4.74 Å². The second-order valence-corrected chi connectivity index (χ2v) is 10.8. The summed E-state index contributed by atoms with van der Waals surface area (Å²) in [7, 11) is 1.42.